The Morgan fingerprint density at radius 3 is 2.57 bits per heavy atom. The minimum absolute atomic E-state index is 0.0261. The highest BCUT2D eigenvalue weighted by atomic mass is 16.6. The number of nitrogens with one attached hydrogen (secondary N) is 1. The molecule has 0 aromatic heterocycles. The molecule has 9 heteroatoms. The van der Waals surface area contributed by atoms with Gasteiger partial charge >= 0.3 is 5.97 Å². The summed E-state index contributed by atoms with van der Waals surface area (Å²) in [6.45, 7) is 1.43. The maximum absolute atomic E-state index is 12.3. The molecule has 0 aliphatic rings. The first-order valence-corrected chi connectivity index (χ1v) is 6.69. The fourth-order valence-corrected chi connectivity index (χ4v) is 1.98. The Hall–Kier alpha value is -2.97. The fraction of sp³-hybridized carbons (Fsp3) is 0.357. The van der Waals surface area contributed by atoms with Crippen LogP contribution in [0, 0.1) is 17.0 Å². The Balaban J connectivity index is 2.99. The number of hydrogen-bond donors (Lipinski definition) is 2. The molecule has 9 nitrogen and oxygen atoms in total. The molecule has 0 spiro atoms. The molecule has 0 heterocycles. The van der Waals surface area contributed by atoms with Crippen molar-refractivity contribution in [2.45, 2.75) is 25.8 Å². The molecule has 1 aromatic rings. The number of amides is 2. The van der Waals surface area contributed by atoms with E-state index >= 15 is 0 Å². The van der Waals surface area contributed by atoms with E-state index in [1.807, 2.05) is 0 Å². The van der Waals surface area contributed by atoms with Gasteiger partial charge in [-0.15, -0.1) is 0 Å². The number of benzene rings is 1. The lowest BCUT2D eigenvalue weighted by molar-refractivity contribution is -0.385. The Morgan fingerprint density at radius 1 is 1.39 bits per heavy atom. The SMILES string of the molecule is COC(=O)C(CCC(N)=O)NC(=O)c1cccc([N+](=O)[O-])c1C. The summed E-state index contributed by atoms with van der Waals surface area (Å²) in [4.78, 5) is 45.0. The van der Waals surface area contributed by atoms with E-state index in [-0.39, 0.29) is 29.7 Å². The Bertz CT molecular complexity index is 643. The van der Waals surface area contributed by atoms with E-state index in [1.54, 1.807) is 0 Å². The van der Waals surface area contributed by atoms with Gasteiger partial charge in [0, 0.05) is 23.6 Å². The monoisotopic (exact) mass is 323 g/mol. The average molecular weight is 323 g/mol. The van der Waals surface area contributed by atoms with E-state index in [2.05, 4.69) is 10.1 Å². The highest BCUT2D eigenvalue weighted by molar-refractivity contribution is 5.98. The molecule has 0 saturated heterocycles. The van der Waals surface area contributed by atoms with Crippen LogP contribution in [0.3, 0.4) is 0 Å². The van der Waals surface area contributed by atoms with Crippen LogP contribution in [0.15, 0.2) is 18.2 Å². The number of nitro benzene ring substituents is 1. The third-order valence-electron chi connectivity index (χ3n) is 3.22. The predicted octanol–water partition coefficient (Wildman–Crippen LogP) is 0.440. The second-order valence-corrected chi connectivity index (χ2v) is 4.76. The van der Waals surface area contributed by atoms with Crippen LogP contribution < -0.4 is 11.1 Å². The van der Waals surface area contributed by atoms with E-state index in [1.165, 1.54) is 25.1 Å². The van der Waals surface area contributed by atoms with Crippen LogP contribution in [0.4, 0.5) is 5.69 Å². The quantitative estimate of drug-likeness (QED) is 0.423. The van der Waals surface area contributed by atoms with Crippen molar-refractivity contribution in [2.24, 2.45) is 5.73 Å². The Kier molecular flexibility index (Phi) is 6.19. The first-order chi connectivity index (χ1) is 10.8. The predicted molar refractivity (Wildman–Crippen MR) is 79.5 cm³/mol. The standard InChI is InChI=1S/C14H17N3O6/c1-8-9(4-3-5-11(8)17(21)22)13(19)16-10(14(20)23-2)6-7-12(15)18/h3-5,10H,6-7H2,1-2H3,(H2,15,18)(H,16,19). The number of nitrogens with zero attached hydrogens (tertiary/aromatic N) is 1. The van der Waals surface area contributed by atoms with Crippen LogP contribution >= 0.6 is 0 Å². The average Bonchev–Trinajstić information content (AvgIpc) is 2.50. The van der Waals surface area contributed by atoms with E-state index in [4.69, 9.17) is 5.73 Å². The van der Waals surface area contributed by atoms with Crippen molar-refractivity contribution in [1.82, 2.24) is 5.32 Å². The molecule has 3 N–H and O–H groups in total. The van der Waals surface area contributed by atoms with Crippen LogP contribution in [-0.4, -0.2) is 35.9 Å². The van der Waals surface area contributed by atoms with Gasteiger partial charge in [-0.05, 0) is 19.4 Å². The van der Waals surface area contributed by atoms with Gasteiger partial charge in [-0.25, -0.2) is 4.79 Å². The lowest BCUT2D eigenvalue weighted by Crippen LogP contribution is -2.42. The van der Waals surface area contributed by atoms with Gasteiger partial charge in [0.2, 0.25) is 5.91 Å². The van der Waals surface area contributed by atoms with Gasteiger partial charge in [-0.3, -0.25) is 19.7 Å². The van der Waals surface area contributed by atoms with Crippen molar-refractivity contribution in [1.29, 1.82) is 0 Å². The molecule has 1 rings (SSSR count). The van der Waals surface area contributed by atoms with E-state index in [0.717, 1.165) is 7.11 Å². The van der Waals surface area contributed by atoms with Gasteiger partial charge in [-0.1, -0.05) is 6.07 Å². The van der Waals surface area contributed by atoms with Crippen molar-refractivity contribution in [3.63, 3.8) is 0 Å². The van der Waals surface area contributed by atoms with E-state index in [0.29, 0.717) is 0 Å². The zero-order chi connectivity index (χ0) is 17.6. The van der Waals surface area contributed by atoms with Crippen molar-refractivity contribution in [3.05, 3.63) is 39.4 Å². The summed E-state index contributed by atoms with van der Waals surface area (Å²) in [6, 6.07) is 2.98. The summed E-state index contributed by atoms with van der Waals surface area (Å²) in [5, 5.41) is 13.3. The van der Waals surface area contributed by atoms with Gasteiger partial charge in [0.15, 0.2) is 0 Å². The number of rotatable bonds is 7. The first kappa shape index (κ1) is 18.1. The van der Waals surface area contributed by atoms with Crippen LogP contribution in [0.5, 0.6) is 0 Å². The molecule has 0 aliphatic heterocycles. The molecule has 1 unspecified atom stereocenters. The maximum Gasteiger partial charge on any atom is 0.328 e. The molecule has 0 saturated carbocycles. The minimum Gasteiger partial charge on any atom is -0.467 e. The molecule has 2 amide bonds. The summed E-state index contributed by atoms with van der Waals surface area (Å²) < 4.78 is 4.56. The van der Waals surface area contributed by atoms with Crippen LogP contribution in [0.25, 0.3) is 0 Å². The molecule has 1 aromatic carbocycles. The molecule has 0 fully saturated rings. The molecular formula is C14H17N3O6. The zero-order valence-corrected chi connectivity index (χ0v) is 12.7. The van der Waals surface area contributed by atoms with Crippen molar-refractivity contribution >= 4 is 23.5 Å². The van der Waals surface area contributed by atoms with Gasteiger partial charge in [0.05, 0.1) is 12.0 Å². The third kappa shape index (κ3) is 4.77. The number of carbonyl (C=O) groups is 3. The summed E-state index contributed by atoms with van der Waals surface area (Å²) in [6.07, 6.45) is -0.143. The second-order valence-electron chi connectivity index (χ2n) is 4.76. The number of hydrogen-bond acceptors (Lipinski definition) is 6. The number of primary amides is 1. The van der Waals surface area contributed by atoms with Gasteiger partial charge in [0.1, 0.15) is 6.04 Å². The normalized spacial score (nSPS) is 11.4. The van der Waals surface area contributed by atoms with Crippen molar-refractivity contribution in [2.75, 3.05) is 7.11 Å². The van der Waals surface area contributed by atoms with Gasteiger partial charge in [0.25, 0.3) is 11.6 Å². The molecule has 0 radical (unpaired) electrons. The third-order valence-corrected chi connectivity index (χ3v) is 3.22. The smallest absolute Gasteiger partial charge is 0.328 e. The summed E-state index contributed by atoms with van der Waals surface area (Å²) in [5.74, 6) is -2.03. The Labute approximate surface area is 131 Å². The number of nitrogens with two attached hydrogens (primary N) is 1. The summed E-state index contributed by atoms with van der Waals surface area (Å²) in [7, 11) is 1.14. The molecule has 0 aliphatic carbocycles. The van der Waals surface area contributed by atoms with Crippen LogP contribution in [0.2, 0.25) is 0 Å². The van der Waals surface area contributed by atoms with Crippen LogP contribution in [-0.2, 0) is 14.3 Å². The van der Waals surface area contributed by atoms with Crippen LogP contribution in [0.1, 0.15) is 28.8 Å². The summed E-state index contributed by atoms with van der Waals surface area (Å²) in [5.41, 5.74) is 5.06. The van der Waals surface area contributed by atoms with Gasteiger partial charge < -0.3 is 15.8 Å². The summed E-state index contributed by atoms with van der Waals surface area (Å²) >= 11 is 0. The molecular weight excluding hydrogens is 306 g/mol. The largest absolute Gasteiger partial charge is 0.467 e. The maximum atomic E-state index is 12.3. The number of nitro groups is 1. The lowest BCUT2D eigenvalue weighted by Gasteiger charge is -2.16. The van der Waals surface area contributed by atoms with Gasteiger partial charge in [-0.2, -0.15) is 0 Å². The first-order valence-electron chi connectivity index (χ1n) is 6.69. The zero-order valence-electron chi connectivity index (χ0n) is 12.7. The topological polar surface area (TPSA) is 142 Å². The number of esters is 1. The number of methoxy groups -OCH3 is 1. The fourth-order valence-electron chi connectivity index (χ4n) is 1.98. The molecule has 124 valence electrons. The second kappa shape index (κ2) is 7.87. The lowest BCUT2D eigenvalue weighted by atomic mass is 10.0. The number of ether oxygens (including phenoxy) is 1. The number of carbonyl (C=O) groups excluding carboxylic acids is 3. The van der Waals surface area contributed by atoms with E-state index < -0.39 is 28.7 Å². The molecule has 1 atom stereocenters. The Morgan fingerprint density at radius 2 is 2.04 bits per heavy atom. The molecule has 0 bridgehead atoms. The van der Waals surface area contributed by atoms with E-state index in [9.17, 15) is 24.5 Å². The molecule has 23 heavy (non-hydrogen) atoms. The van der Waals surface area contributed by atoms with Crippen molar-refractivity contribution < 1.29 is 24.0 Å². The highest BCUT2D eigenvalue weighted by Gasteiger charge is 2.25. The highest BCUT2D eigenvalue weighted by Crippen LogP contribution is 2.21. The minimum atomic E-state index is -1.07. The van der Waals surface area contributed by atoms with Crippen molar-refractivity contribution in [3.8, 4) is 0 Å².